The maximum Gasteiger partial charge on any atom is 0.136 e. The Labute approximate surface area is 455 Å². The maximum absolute atomic E-state index is 6.81. The molecule has 7 aromatic carbocycles. The monoisotopic (exact) mass is 1150 g/mol. The van der Waals surface area contributed by atoms with E-state index in [0.29, 0.717) is 11.5 Å². The average molecular weight is 1160 g/mol. The first-order valence-electron chi connectivity index (χ1n) is 25.9. The van der Waals surface area contributed by atoms with Crippen LogP contribution in [-0.4, -0.2) is 9.55 Å². The van der Waals surface area contributed by atoms with Crippen molar-refractivity contribution in [2.45, 2.75) is 131 Å². The number of para-hydroxylation sites is 2. The Bertz CT molecular complexity index is 3520. The molecule has 382 valence electrons. The average Bonchev–Trinajstić information content (AvgIpc) is 3.88. The second-order valence-corrected chi connectivity index (χ2v) is 25.2. The molecule has 6 heteroatoms. The number of benzene rings is 7. The number of hydrogen-bond acceptors (Lipinski definition) is 4. The van der Waals surface area contributed by atoms with Crippen LogP contribution in [0.1, 0.15) is 132 Å². The summed E-state index contributed by atoms with van der Waals surface area (Å²) in [6, 6.07) is 60.1. The smallest absolute Gasteiger partial charge is 0.136 e. The molecule has 0 fully saturated rings. The second-order valence-electron chi connectivity index (χ2n) is 25.2. The van der Waals surface area contributed by atoms with E-state index in [0.717, 1.165) is 55.9 Å². The normalized spacial score (nSPS) is 13.4. The number of fused-ring (bicyclic) bond motifs is 4. The Morgan fingerprint density at radius 2 is 1.05 bits per heavy atom. The molecular weight excluding hydrogens is 1080 g/mol. The van der Waals surface area contributed by atoms with E-state index >= 15 is 0 Å². The van der Waals surface area contributed by atoms with Crippen molar-refractivity contribution >= 4 is 44.6 Å². The summed E-state index contributed by atoms with van der Waals surface area (Å²) in [5.74, 6) is 2.03. The van der Waals surface area contributed by atoms with Gasteiger partial charge < -0.3 is 19.1 Å². The van der Waals surface area contributed by atoms with E-state index in [4.69, 9.17) is 9.72 Å². The summed E-state index contributed by atoms with van der Waals surface area (Å²) in [7, 11) is 0. The third kappa shape index (κ3) is 10.1. The van der Waals surface area contributed by atoms with E-state index in [1.54, 1.807) is 0 Å². The van der Waals surface area contributed by atoms with Crippen molar-refractivity contribution < 1.29 is 25.8 Å². The molecule has 0 unspecified atom stereocenters. The molecule has 0 spiro atoms. The van der Waals surface area contributed by atoms with Gasteiger partial charge in [0.15, 0.2) is 0 Å². The summed E-state index contributed by atoms with van der Waals surface area (Å²) in [5, 5.41) is 2.23. The zero-order valence-electron chi connectivity index (χ0n) is 46.0. The molecule has 0 N–H and O–H groups in total. The largest absolute Gasteiger partial charge is 0.509 e. The van der Waals surface area contributed by atoms with E-state index in [2.05, 4.69) is 264 Å². The minimum atomic E-state index is -0.108. The van der Waals surface area contributed by atoms with Gasteiger partial charge in [-0.25, -0.2) is 4.98 Å². The van der Waals surface area contributed by atoms with Crippen LogP contribution in [0.3, 0.4) is 0 Å². The van der Waals surface area contributed by atoms with Crippen molar-refractivity contribution in [1.82, 2.24) is 9.55 Å². The van der Waals surface area contributed by atoms with Gasteiger partial charge in [0.05, 0.1) is 0 Å². The summed E-state index contributed by atoms with van der Waals surface area (Å²) in [6.45, 7) is 36.8. The Morgan fingerprint density at radius 3 is 1.69 bits per heavy atom. The van der Waals surface area contributed by atoms with Crippen LogP contribution in [0, 0.1) is 18.8 Å². The minimum absolute atomic E-state index is 0. The quantitative estimate of drug-likeness (QED) is 0.149. The van der Waals surface area contributed by atoms with Crippen molar-refractivity contribution in [3.8, 4) is 39.6 Å². The molecule has 0 radical (unpaired) electrons. The molecule has 9 aromatic rings. The first-order valence-corrected chi connectivity index (χ1v) is 25.9. The van der Waals surface area contributed by atoms with Gasteiger partial charge in [-0.1, -0.05) is 182 Å². The molecule has 0 aliphatic carbocycles. The van der Waals surface area contributed by atoms with Crippen molar-refractivity contribution in [1.29, 1.82) is 0 Å². The molecule has 0 amide bonds. The van der Waals surface area contributed by atoms with Crippen molar-refractivity contribution in [3.05, 3.63) is 198 Å². The fourth-order valence-electron chi connectivity index (χ4n) is 10.2. The van der Waals surface area contributed by atoms with E-state index in [1.165, 1.54) is 44.5 Å². The third-order valence-corrected chi connectivity index (χ3v) is 14.4. The first-order chi connectivity index (χ1) is 34.3. The third-order valence-electron chi connectivity index (χ3n) is 14.4. The fraction of sp³-hybridized carbons (Fsp3) is 0.294. The van der Waals surface area contributed by atoms with Gasteiger partial charge in [-0.3, -0.25) is 0 Å². The zero-order chi connectivity index (χ0) is 52.0. The summed E-state index contributed by atoms with van der Waals surface area (Å²) in [4.78, 5) is 9.67. The SMILES string of the molecule is CC(C)(C)c1cc(-c2ccccc2)cc(N2[CH-]N(c3[c-]c(Oc4[c-]c5c(cc4)c4ccc(C(C)(C)C)cc4n5-c4cc(-c5c(C(C)(C)C)cc(C(C)(C)C)cc5C(C)(C)C)ccn4)ccc3)c3ccccc32)c1.[Pt]. The zero-order valence-corrected chi connectivity index (χ0v) is 48.3. The number of aromatic nitrogens is 2. The number of rotatable bonds is 7. The molecule has 3 heterocycles. The molecule has 0 saturated heterocycles. The van der Waals surface area contributed by atoms with Crippen LogP contribution >= 0.6 is 0 Å². The van der Waals surface area contributed by atoms with Crippen LogP contribution in [0.2, 0.25) is 0 Å². The van der Waals surface area contributed by atoms with Gasteiger partial charge in [-0.15, -0.1) is 48.1 Å². The summed E-state index contributed by atoms with van der Waals surface area (Å²) >= 11 is 0. The van der Waals surface area contributed by atoms with Gasteiger partial charge in [0.2, 0.25) is 0 Å². The van der Waals surface area contributed by atoms with E-state index in [-0.39, 0.29) is 48.1 Å². The summed E-state index contributed by atoms with van der Waals surface area (Å²) < 4.78 is 9.10. The van der Waals surface area contributed by atoms with Crippen LogP contribution in [-0.2, 0) is 48.1 Å². The predicted octanol–water partition coefficient (Wildman–Crippen LogP) is 18.8. The van der Waals surface area contributed by atoms with Crippen LogP contribution in [0.5, 0.6) is 11.5 Å². The Balaban J connectivity index is 0.00000672. The van der Waals surface area contributed by atoms with E-state index in [1.807, 2.05) is 24.4 Å². The van der Waals surface area contributed by atoms with Crippen LogP contribution in [0.25, 0.3) is 49.9 Å². The topological polar surface area (TPSA) is 33.5 Å². The molecular formula is C68H71N4OPt-3. The van der Waals surface area contributed by atoms with Gasteiger partial charge in [0, 0.05) is 61.3 Å². The molecule has 0 bridgehead atoms. The molecule has 0 atom stereocenters. The second kappa shape index (κ2) is 19.1. The molecule has 0 saturated carbocycles. The molecule has 1 aliphatic rings. The molecule has 10 rings (SSSR count). The standard InChI is InChI=1S/C68H71N4O.Pt/c1-64(2,3)47-28-30-54-55-31-29-53(42-61(55)72(60(54)40-47)62-36-45(32-33-69-62)63-56(67(10,11)12)38-49(66(7,8)9)39-57(63)68(13,14)15)73-52-25-21-24-50(41-52)70-43-71(59-27-20-19-26-58(59)70)51-35-46(44-22-17-16-18-23-44)34-48(37-51)65(4,5)6;/h16-40,43H,1-15H3;/q-3;. The van der Waals surface area contributed by atoms with E-state index in [9.17, 15) is 0 Å². The van der Waals surface area contributed by atoms with Gasteiger partial charge in [0.1, 0.15) is 5.82 Å². The van der Waals surface area contributed by atoms with Crippen molar-refractivity contribution in [2.24, 2.45) is 0 Å². The van der Waals surface area contributed by atoms with Crippen LogP contribution in [0.15, 0.2) is 152 Å². The minimum Gasteiger partial charge on any atom is -0.509 e. The number of ether oxygens (including phenoxy) is 1. The number of pyridine rings is 1. The number of hydrogen-bond donors (Lipinski definition) is 0. The Morgan fingerprint density at radius 1 is 0.459 bits per heavy atom. The molecule has 2 aromatic heterocycles. The van der Waals surface area contributed by atoms with Gasteiger partial charge in [-0.05, 0) is 125 Å². The molecule has 1 aliphatic heterocycles. The van der Waals surface area contributed by atoms with Gasteiger partial charge in [-0.2, -0.15) is 12.1 Å². The summed E-state index contributed by atoms with van der Waals surface area (Å²) in [5.41, 5.74) is 17.2. The van der Waals surface area contributed by atoms with Crippen molar-refractivity contribution in [3.63, 3.8) is 0 Å². The maximum atomic E-state index is 6.81. The van der Waals surface area contributed by atoms with Crippen molar-refractivity contribution in [2.75, 3.05) is 9.80 Å². The van der Waals surface area contributed by atoms with E-state index < -0.39 is 0 Å². The molecule has 5 nitrogen and oxygen atoms in total. The number of anilines is 4. The summed E-state index contributed by atoms with van der Waals surface area (Å²) in [6.07, 6.45) is 1.98. The first kappa shape index (κ1) is 52.4. The Hall–Kier alpha value is -6.42. The predicted molar refractivity (Wildman–Crippen MR) is 309 cm³/mol. The molecule has 74 heavy (non-hydrogen) atoms. The van der Waals surface area contributed by atoms with Crippen LogP contribution < -0.4 is 14.5 Å². The van der Waals surface area contributed by atoms with Gasteiger partial charge >= 0.3 is 0 Å². The fourth-order valence-corrected chi connectivity index (χ4v) is 10.2. The number of nitrogens with zero attached hydrogens (tertiary/aromatic N) is 4. The van der Waals surface area contributed by atoms with Gasteiger partial charge in [0.25, 0.3) is 0 Å². The van der Waals surface area contributed by atoms with Crippen LogP contribution in [0.4, 0.5) is 22.7 Å². The Kier molecular flexibility index (Phi) is 13.5.